The van der Waals surface area contributed by atoms with Gasteiger partial charge in [-0.05, 0) is 13.8 Å². The zero-order valence-corrected chi connectivity index (χ0v) is 8.38. The Morgan fingerprint density at radius 2 is 1.93 bits per heavy atom. The molecule has 0 saturated carbocycles. The van der Waals surface area contributed by atoms with Crippen LogP contribution in [0.25, 0.3) is 0 Å². The Morgan fingerprint density at radius 1 is 1.20 bits per heavy atom. The standard InChI is InChI=1S/C9H12O6/c1-9(2)14-6-5-4(13-8(6)15-9)3(10)7(11)12-5/h3-6,8,10H,1-2H3/t3-,4?,5?,6+,8?/m0/s1. The fourth-order valence-electron chi connectivity index (χ4n) is 2.23. The molecule has 3 rings (SSSR count). The maximum atomic E-state index is 11.1. The van der Waals surface area contributed by atoms with E-state index in [9.17, 15) is 9.90 Å². The Bertz CT molecular complexity index is 314. The lowest BCUT2D eigenvalue weighted by Crippen LogP contribution is -2.35. The molecule has 6 heteroatoms. The fraction of sp³-hybridized carbons (Fsp3) is 0.889. The van der Waals surface area contributed by atoms with Crippen molar-refractivity contribution in [1.82, 2.24) is 0 Å². The summed E-state index contributed by atoms with van der Waals surface area (Å²) in [7, 11) is 0. The molecule has 0 aromatic carbocycles. The molecule has 1 N–H and O–H groups in total. The number of hydrogen-bond acceptors (Lipinski definition) is 6. The van der Waals surface area contributed by atoms with E-state index in [-0.39, 0.29) is 0 Å². The number of ether oxygens (including phenoxy) is 4. The molecule has 0 radical (unpaired) electrons. The van der Waals surface area contributed by atoms with E-state index in [0.29, 0.717) is 0 Å². The normalized spacial score (nSPS) is 51.4. The summed E-state index contributed by atoms with van der Waals surface area (Å²) < 4.78 is 21.4. The Balaban J connectivity index is 1.83. The van der Waals surface area contributed by atoms with Crippen molar-refractivity contribution in [3.63, 3.8) is 0 Å². The summed E-state index contributed by atoms with van der Waals surface area (Å²) in [6.45, 7) is 3.52. The van der Waals surface area contributed by atoms with Gasteiger partial charge in [-0.15, -0.1) is 0 Å². The Hall–Kier alpha value is -0.690. The molecule has 3 fully saturated rings. The molecule has 0 aromatic rings. The van der Waals surface area contributed by atoms with Gasteiger partial charge >= 0.3 is 5.97 Å². The minimum atomic E-state index is -1.23. The first-order chi connectivity index (χ1) is 6.98. The molecule has 3 saturated heterocycles. The molecule has 0 spiro atoms. The lowest BCUT2D eigenvalue weighted by atomic mass is 10.1. The van der Waals surface area contributed by atoms with Crippen molar-refractivity contribution in [3.8, 4) is 0 Å². The molecule has 84 valence electrons. The van der Waals surface area contributed by atoms with Crippen molar-refractivity contribution in [3.05, 3.63) is 0 Å². The number of hydrogen-bond donors (Lipinski definition) is 1. The Labute approximate surface area is 86.1 Å². The van der Waals surface area contributed by atoms with E-state index in [1.807, 2.05) is 0 Å². The number of aliphatic hydroxyl groups is 1. The molecule has 6 nitrogen and oxygen atoms in total. The highest BCUT2D eigenvalue weighted by atomic mass is 16.8. The van der Waals surface area contributed by atoms with Gasteiger partial charge in [0, 0.05) is 0 Å². The first-order valence-electron chi connectivity index (χ1n) is 4.88. The molecule has 0 aromatic heterocycles. The van der Waals surface area contributed by atoms with Gasteiger partial charge in [-0.2, -0.15) is 0 Å². The second-order valence-corrected chi connectivity index (χ2v) is 4.42. The predicted molar refractivity (Wildman–Crippen MR) is 44.6 cm³/mol. The van der Waals surface area contributed by atoms with E-state index in [1.165, 1.54) is 0 Å². The Morgan fingerprint density at radius 3 is 2.67 bits per heavy atom. The van der Waals surface area contributed by atoms with Crippen molar-refractivity contribution in [1.29, 1.82) is 0 Å². The van der Waals surface area contributed by atoms with Crippen LogP contribution in [0.3, 0.4) is 0 Å². The van der Waals surface area contributed by atoms with Gasteiger partial charge in [0.25, 0.3) is 0 Å². The summed E-state index contributed by atoms with van der Waals surface area (Å²) in [5, 5.41) is 9.44. The molecule has 3 heterocycles. The predicted octanol–water partition coefficient (Wildman–Crippen LogP) is -0.851. The molecule has 15 heavy (non-hydrogen) atoms. The maximum Gasteiger partial charge on any atom is 0.338 e. The number of carbonyl (C=O) groups is 1. The molecule has 5 atom stereocenters. The van der Waals surface area contributed by atoms with Crippen LogP contribution in [-0.4, -0.2) is 47.6 Å². The van der Waals surface area contributed by atoms with Crippen LogP contribution >= 0.6 is 0 Å². The lowest BCUT2D eigenvalue weighted by molar-refractivity contribution is -0.214. The molecule has 3 aliphatic rings. The summed E-state index contributed by atoms with van der Waals surface area (Å²) >= 11 is 0. The van der Waals surface area contributed by atoms with Crippen LogP contribution in [0.15, 0.2) is 0 Å². The summed E-state index contributed by atoms with van der Waals surface area (Å²) in [5.41, 5.74) is 0. The van der Waals surface area contributed by atoms with Gasteiger partial charge in [0.2, 0.25) is 0 Å². The maximum absolute atomic E-state index is 11.1. The summed E-state index contributed by atoms with van der Waals surface area (Å²) in [6.07, 6.45) is -3.44. The monoisotopic (exact) mass is 216 g/mol. The molecule has 3 unspecified atom stereocenters. The van der Waals surface area contributed by atoms with Crippen molar-refractivity contribution >= 4 is 5.97 Å². The zero-order chi connectivity index (χ0) is 10.8. The third-order valence-corrected chi connectivity index (χ3v) is 2.83. The van der Waals surface area contributed by atoms with Crippen molar-refractivity contribution in [2.75, 3.05) is 0 Å². The van der Waals surface area contributed by atoms with Crippen LogP contribution in [0.1, 0.15) is 13.8 Å². The summed E-state index contributed by atoms with van der Waals surface area (Å²) in [5.74, 6) is -1.39. The molecule has 0 aliphatic carbocycles. The third kappa shape index (κ3) is 1.22. The topological polar surface area (TPSA) is 74.2 Å². The van der Waals surface area contributed by atoms with Gasteiger partial charge in [0.15, 0.2) is 30.4 Å². The van der Waals surface area contributed by atoms with Crippen molar-refractivity contribution in [2.24, 2.45) is 0 Å². The quantitative estimate of drug-likeness (QED) is 0.532. The van der Waals surface area contributed by atoms with E-state index in [2.05, 4.69) is 0 Å². The smallest absolute Gasteiger partial charge is 0.338 e. The molecular formula is C9H12O6. The van der Waals surface area contributed by atoms with E-state index in [4.69, 9.17) is 18.9 Å². The molecule has 3 aliphatic heterocycles. The highest BCUT2D eigenvalue weighted by Crippen LogP contribution is 2.42. The lowest BCUT2D eigenvalue weighted by Gasteiger charge is -2.20. The summed E-state index contributed by atoms with van der Waals surface area (Å²) in [4.78, 5) is 11.1. The number of rotatable bonds is 0. The van der Waals surface area contributed by atoms with Crippen LogP contribution < -0.4 is 0 Å². The number of aliphatic hydroxyl groups excluding tert-OH is 1. The van der Waals surface area contributed by atoms with Crippen molar-refractivity contribution < 1.29 is 28.8 Å². The van der Waals surface area contributed by atoms with Gasteiger partial charge in [-0.1, -0.05) is 0 Å². The highest BCUT2D eigenvalue weighted by molar-refractivity contribution is 5.78. The number of esters is 1. The first-order valence-corrected chi connectivity index (χ1v) is 4.88. The van der Waals surface area contributed by atoms with Crippen LogP contribution in [0, 0.1) is 0 Å². The van der Waals surface area contributed by atoms with Gasteiger partial charge < -0.3 is 24.1 Å². The largest absolute Gasteiger partial charge is 0.454 e. The van der Waals surface area contributed by atoms with Gasteiger partial charge in [0.1, 0.15) is 6.10 Å². The van der Waals surface area contributed by atoms with E-state index < -0.39 is 42.5 Å². The number of carbonyl (C=O) groups excluding carboxylic acids is 1. The second-order valence-electron chi connectivity index (χ2n) is 4.42. The minimum absolute atomic E-state index is 0.439. The molecular weight excluding hydrogens is 204 g/mol. The minimum Gasteiger partial charge on any atom is -0.454 e. The molecule has 0 bridgehead atoms. The van der Waals surface area contributed by atoms with E-state index >= 15 is 0 Å². The van der Waals surface area contributed by atoms with Gasteiger partial charge in [-0.25, -0.2) is 4.79 Å². The first kappa shape index (κ1) is 9.53. The van der Waals surface area contributed by atoms with Crippen LogP contribution in [0.4, 0.5) is 0 Å². The van der Waals surface area contributed by atoms with Crippen LogP contribution in [-0.2, 0) is 23.7 Å². The van der Waals surface area contributed by atoms with Gasteiger partial charge in [0.05, 0.1) is 0 Å². The number of fused-ring (bicyclic) bond motifs is 3. The third-order valence-electron chi connectivity index (χ3n) is 2.83. The van der Waals surface area contributed by atoms with Gasteiger partial charge in [-0.3, -0.25) is 0 Å². The van der Waals surface area contributed by atoms with Crippen LogP contribution in [0.5, 0.6) is 0 Å². The second kappa shape index (κ2) is 2.70. The fourth-order valence-corrected chi connectivity index (χ4v) is 2.23. The molecule has 0 amide bonds. The summed E-state index contributed by atoms with van der Waals surface area (Å²) in [6, 6.07) is 0. The SMILES string of the molecule is CC1(C)OC2OC3C(OC(=O)[C@H]3O)[C@H]2O1. The zero-order valence-electron chi connectivity index (χ0n) is 8.38. The highest BCUT2D eigenvalue weighted by Gasteiger charge is 2.62. The van der Waals surface area contributed by atoms with E-state index in [1.54, 1.807) is 13.8 Å². The average molecular weight is 216 g/mol. The van der Waals surface area contributed by atoms with E-state index in [0.717, 1.165) is 0 Å². The Kier molecular flexibility index (Phi) is 1.72. The van der Waals surface area contributed by atoms with Crippen LogP contribution in [0.2, 0.25) is 0 Å². The van der Waals surface area contributed by atoms with Crippen molar-refractivity contribution in [2.45, 2.75) is 50.3 Å². The average Bonchev–Trinajstić information content (AvgIpc) is 2.66.